The topological polar surface area (TPSA) is 39.6 Å². The number of benzene rings is 1. The molecule has 0 amide bonds. The summed E-state index contributed by atoms with van der Waals surface area (Å²) in [5.74, 6) is 0.115. The quantitative estimate of drug-likeness (QED) is 0.875. The van der Waals surface area contributed by atoms with Gasteiger partial charge in [-0.15, -0.1) is 0 Å². The van der Waals surface area contributed by atoms with E-state index in [4.69, 9.17) is 0 Å². The summed E-state index contributed by atoms with van der Waals surface area (Å²) < 4.78 is 13.8. The zero-order valence-electron chi connectivity index (χ0n) is 14.8. The van der Waals surface area contributed by atoms with Gasteiger partial charge in [-0.3, -0.25) is 9.88 Å². The fourth-order valence-electron chi connectivity index (χ4n) is 3.91. The van der Waals surface area contributed by atoms with E-state index in [9.17, 15) is 9.50 Å². The van der Waals surface area contributed by atoms with Crippen LogP contribution in [0.3, 0.4) is 0 Å². The van der Waals surface area contributed by atoms with Crippen molar-refractivity contribution in [1.29, 1.82) is 0 Å². The summed E-state index contributed by atoms with van der Waals surface area (Å²) in [6.07, 6.45) is 4.02. The lowest BCUT2D eigenvalue weighted by Gasteiger charge is -2.29. The highest BCUT2D eigenvalue weighted by atomic mass is 19.1. The molecule has 1 unspecified atom stereocenters. The number of aliphatic hydroxyl groups is 1. The van der Waals surface area contributed by atoms with Gasteiger partial charge in [0.15, 0.2) is 0 Å². The van der Waals surface area contributed by atoms with Gasteiger partial charge in [-0.05, 0) is 50.7 Å². The molecule has 134 valence electrons. The average Bonchev–Trinajstić information content (AvgIpc) is 2.96. The van der Waals surface area contributed by atoms with Crippen molar-refractivity contribution in [3.8, 4) is 0 Å². The van der Waals surface area contributed by atoms with Crippen LogP contribution in [-0.2, 0) is 0 Å². The number of aliphatic hydroxyl groups excluding tert-OH is 1. The molecule has 5 heteroatoms. The van der Waals surface area contributed by atoms with E-state index >= 15 is 0 Å². The van der Waals surface area contributed by atoms with Crippen LogP contribution < -0.4 is 0 Å². The molecule has 0 spiro atoms. The van der Waals surface area contributed by atoms with Gasteiger partial charge >= 0.3 is 0 Å². The van der Waals surface area contributed by atoms with E-state index < -0.39 is 6.10 Å². The molecule has 4 nitrogen and oxygen atoms in total. The van der Waals surface area contributed by atoms with E-state index in [1.54, 1.807) is 24.4 Å². The SMILES string of the molecule is CN(CC(O)c1ccccc1F)C[C@@H]1CCN(C)[C@H]1c1cccnc1. The summed E-state index contributed by atoms with van der Waals surface area (Å²) in [5, 5.41) is 10.4. The molecule has 25 heavy (non-hydrogen) atoms. The molecule has 1 aromatic heterocycles. The molecule has 1 saturated heterocycles. The van der Waals surface area contributed by atoms with Crippen molar-refractivity contribution < 1.29 is 9.50 Å². The van der Waals surface area contributed by atoms with Crippen LogP contribution in [0.4, 0.5) is 4.39 Å². The van der Waals surface area contributed by atoms with Crippen molar-refractivity contribution in [2.75, 3.05) is 33.7 Å². The fraction of sp³-hybridized carbons (Fsp3) is 0.450. The number of aromatic nitrogens is 1. The minimum atomic E-state index is -0.817. The second kappa shape index (κ2) is 8.04. The molecule has 0 radical (unpaired) electrons. The van der Waals surface area contributed by atoms with E-state index in [1.165, 1.54) is 11.6 Å². The molecule has 0 aliphatic carbocycles. The lowest BCUT2D eigenvalue weighted by atomic mass is 9.94. The fourth-order valence-corrected chi connectivity index (χ4v) is 3.91. The molecule has 0 bridgehead atoms. The predicted octanol–water partition coefficient (Wildman–Crippen LogP) is 2.88. The maximum Gasteiger partial charge on any atom is 0.129 e. The molecule has 1 N–H and O–H groups in total. The van der Waals surface area contributed by atoms with Crippen LogP contribution in [0.5, 0.6) is 0 Å². The Morgan fingerprint density at radius 1 is 1.32 bits per heavy atom. The van der Waals surface area contributed by atoms with Crippen molar-refractivity contribution in [3.05, 3.63) is 65.7 Å². The molecule has 3 atom stereocenters. The van der Waals surface area contributed by atoms with Crippen LogP contribution in [-0.4, -0.2) is 53.6 Å². The Kier molecular flexibility index (Phi) is 5.78. The summed E-state index contributed by atoms with van der Waals surface area (Å²) in [6.45, 7) is 2.32. The van der Waals surface area contributed by atoms with Gasteiger partial charge in [0, 0.05) is 37.1 Å². The van der Waals surface area contributed by atoms with E-state index in [0.29, 0.717) is 24.1 Å². The van der Waals surface area contributed by atoms with Gasteiger partial charge in [-0.1, -0.05) is 24.3 Å². The van der Waals surface area contributed by atoms with Gasteiger partial charge < -0.3 is 10.0 Å². The number of likely N-dealkylation sites (tertiary alicyclic amines) is 1. The molecule has 2 aromatic rings. The normalized spacial score (nSPS) is 22.4. The predicted molar refractivity (Wildman–Crippen MR) is 96.6 cm³/mol. The molecule has 1 aliphatic rings. The third-order valence-corrected chi connectivity index (χ3v) is 5.09. The third-order valence-electron chi connectivity index (χ3n) is 5.09. The number of rotatable bonds is 6. The second-order valence-corrected chi connectivity index (χ2v) is 7.02. The van der Waals surface area contributed by atoms with Crippen molar-refractivity contribution in [1.82, 2.24) is 14.8 Å². The highest BCUT2D eigenvalue weighted by Crippen LogP contribution is 2.36. The minimum absolute atomic E-state index is 0.335. The van der Waals surface area contributed by atoms with E-state index in [0.717, 1.165) is 19.5 Å². The first-order valence-electron chi connectivity index (χ1n) is 8.77. The zero-order valence-corrected chi connectivity index (χ0v) is 14.8. The lowest BCUT2D eigenvalue weighted by Crippen LogP contribution is -2.33. The summed E-state index contributed by atoms with van der Waals surface area (Å²) in [5.41, 5.74) is 1.59. The van der Waals surface area contributed by atoms with Crippen LogP contribution in [0.2, 0.25) is 0 Å². The Labute approximate surface area is 148 Å². The average molecular weight is 343 g/mol. The molecule has 1 aromatic carbocycles. The van der Waals surface area contributed by atoms with Crippen LogP contribution in [0.25, 0.3) is 0 Å². The number of nitrogens with zero attached hydrogens (tertiary/aromatic N) is 3. The van der Waals surface area contributed by atoms with Crippen LogP contribution in [0, 0.1) is 11.7 Å². The van der Waals surface area contributed by atoms with Crippen LogP contribution >= 0.6 is 0 Å². The maximum atomic E-state index is 13.8. The standard InChI is InChI=1S/C20H26FN3O/c1-23(14-19(25)17-7-3-4-8-18(17)21)13-16-9-11-24(2)20(16)15-6-5-10-22-12-15/h3-8,10,12,16,19-20,25H,9,11,13-14H2,1-2H3/t16-,19?,20-/m0/s1. The molecule has 0 saturated carbocycles. The van der Waals surface area contributed by atoms with Gasteiger partial charge in [0.1, 0.15) is 5.82 Å². The summed E-state index contributed by atoms with van der Waals surface area (Å²) in [7, 11) is 4.13. The van der Waals surface area contributed by atoms with E-state index in [1.807, 2.05) is 19.3 Å². The minimum Gasteiger partial charge on any atom is -0.387 e. The summed E-state index contributed by atoms with van der Waals surface area (Å²) in [6, 6.07) is 10.9. The number of hydrogen-bond acceptors (Lipinski definition) is 4. The van der Waals surface area contributed by atoms with Gasteiger partial charge in [0.2, 0.25) is 0 Å². The second-order valence-electron chi connectivity index (χ2n) is 7.02. The zero-order chi connectivity index (χ0) is 17.8. The molecular formula is C20H26FN3O. The first-order valence-corrected chi connectivity index (χ1v) is 8.77. The monoisotopic (exact) mass is 343 g/mol. The highest BCUT2D eigenvalue weighted by Gasteiger charge is 2.34. The largest absolute Gasteiger partial charge is 0.387 e. The smallest absolute Gasteiger partial charge is 0.129 e. The Balaban J connectivity index is 1.64. The number of likely N-dealkylation sites (N-methyl/N-ethyl adjacent to an activating group) is 1. The van der Waals surface area contributed by atoms with Crippen molar-refractivity contribution >= 4 is 0 Å². The highest BCUT2D eigenvalue weighted by molar-refractivity contribution is 5.20. The van der Waals surface area contributed by atoms with Crippen LogP contribution in [0.15, 0.2) is 48.8 Å². The van der Waals surface area contributed by atoms with Gasteiger partial charge in [-0.25, -0.2) is 4.39 Å². The number of halogens is 1. The third kappa shape index (κ3) is 4.24. The van der Waals surface area contributed by atoms with Gasteiger partial charge in [0.25, 0.3) is 0 Å². The van der Waals surface area contributed by atoms with Crippen molar-refractivity contribution in [2.45, 2.75) is 18.6 Å². The molecule has 1 aliphatic heterocycles. The van der Waals surface area contributed by atoms with Crippen LogP contribution in [0.1, 0.15) is 29.7 Å². The molecule has 2 heterocycles. The Bertz CT molecular complexity index is 682. The lowest BCUT2D eigenvalue weighted by molar-refractivity contribution is 0.110. The Morgan fingerprint density at radius 3 is 2.84 bits per heavy atom. The number of hydrogen-bond donors (Lipinski definition) is 1. The molecule has 1 fully saturated rings. The first kappa shape index (κ1) is 18.0. The molecule has 3 rings (SSSR count). The Hall–Kier alpha value is -1.82. The van der Waals surface area contributed by atoms with Gasteiger partial charge in [0.05, 0.1) is 6.10 Å². The molecular weight excluding hydrogens is 317 g/mol. The first-order chi connectivity index (χ1) is 12.1. The summed E-state index contributed by atoms with van der Waals surface area (Å²) >= 11 is 0. The van der Waals surface area contributed by atoms with E-state index in [-0.39, 0.29) is 5.82 Å². The van der Waals surface area contributed by atoms with Crippen molar-refractivity contribution in [3.63, 3.8) is 0 Å². The van der Waals surface area contributed by atoms with Crippen molar-refractivity contribution in [2.24, 2.45) is 5.92 Å². The Morgan fingerprint density at radius 2 is 2.12 bits per heavy atom. The summed E-state index contributed by atoms with van der Waals surface area (Å²) in [4.78, 5) is 8.72. The maximum absolute atomic E-state index is 13.8. The number of pyridine rings is 1. The van der Waals surface area contributed by atoms with E-state index in [2.05, 4.69) is 27.9 Å². The van der Waals surface area contributed by atoms with Gasteiger partial charge in [-0.2, -0.15) is 0 Å².